The molecule has 1 N–H and O–H groups in total. The molecule has 3 aromatic rings. The SMILES string of the molecule is COc1ccc(NC(=O)/C(C#N)=C/c2cc(Br)cc(Br)c2OCc2ccccc2)cc1. The molecule has 0 unspecified atom stereocenters. The Labute approximate surface area is 197 Å². The molecule has 0 fully saturated rings. The lowest BCUT2D eigenvalue weighted by Crippen LogP contribution is -2.13. The number of halogens is 2. The molecule has 0 saturated heterocycles. The van der Waals surface area contributed by atoms with Gasteiger partial charge in [0.1, 0.15) is 29.7 Å². The summed E-state index contributed by atoms with van der Waals surface area (Å²) >= 11 is 6.96. The standard InChI is InChI=1S/C24H18Br2N2O3/c1-30-21-9-7-20(8-10-21)28-24(29)18(14-27)11-17-12-19(25)13-22(26)23(17)31-15-16-5-3-2-4-6-16/h2-13H,15H2,1H3,(H,28,29)/b18-11+. The largest absolute Gasteiger partial charge is 0.497 e. The van der Waals surface area contributed by atoms with E-state index in [1.807, 2.05) is 42.5 Å². The summed E-state index contributed by atoms with van der Waals surface area (Å²) in [7, 11) is 1.57. The van der Waals surface area contributed by atoms with Crippen LogP contribution in [0.5, 0.6) is 11.5 Å². The van der Waals surface area contributed by atoms with Gasteiger partial charge in [0.2, 0.25) is 0 Å². The number of rotatable bonds is 7. The average Bonchev–Trinajstić information content (AvgIpc) is 2.77. The number of carbonyl (C=O) groups excluding carboxylic acids is 1. The summed E-state index contributed by atoms with van der Waals surface area (Å²) in [6.45, 7) is 0.349. The van der Waals surface area contributed by atoms with Gasteiger partial charge in [-0.1, -0.05) is 46.3 Å². The van der Waals surface area contributed by atoms with Gasteiger partial charge in [0.15, 0.2) is 0 Å². The monoisotopic (exact) mass is 540 g/mol. The molecule has 0 aliphatic rings. The predicted molar refractivity (Wildman–Crippen MR) is 128 cm³/mol. The molecule has 1 amide bonds. The van der Waals surface area contributed by atoms with Crippen LogP contribution in [0.15, 0.2) is 81.2 Å². The van der Waals surface area contributed by atoms with Gasteiger partial charge in [-0.25, -0.2) is 0 Å². The topological polar surface area (TPSA) is 71.3 Å². The number of carbonyl (C=O) groups is 1. The first kappa shape index (κ1) is 22.6. The van der Waals surface area contributed by atoms with Gasteiger partial charge in [-0.3, -0.25) is 4.79 Å². The highest BCUT2D eigenvalue weighted by atomic mass is 79.9. The van der Waals surface area contributed by atoms with Gasteiger partial charge in [-0.2, -0.15) is 5.26 Å². The average molecular weight is 542 g/mol. The molecule has 0 radical (unpaired) electrons. The smallest absolute Gasteiger partial charge is 0.266 e. The van der Waals surface area contributed by atoms with E-state index in [4.69, 9.17) is 9.47 Å². The van der Waals surface area contributed by atoms with Gasteiger partial charge >= 0.3 is 0 Å². The lowest BCUT2D eigenvalue weighted by Gasteiger charge is -2.13. The van der Waals surface area contributed by atoms with Gasteiger partial charge in [0.05, 0.1) is 11.6 Å². The van der Waals surface area contributed by atoms with Crippen LogP contribution < -0.4 is 14.8 Å². The molecule has 7 heteroatoms. The number of anilines is 1. The zero-order chi connectivity index (χ0) is 22.2. The number of benzene rings is 3. The number of hydrogen-bond acceptors (Lipinski definition) is 4. The van der Waals surface area contributed by atoms with Gasteiger partial charge in [-0.05, 0) is 64.0 Å². The maximum atomic E-state index is 12.7. The van der Waals surface area contributed by atoms with Crippen LogP contribution >= 0.6 is 31.9 Å². The Balaban J connectivity index is 1.86. The van der Waals surface area contributed by atoms with Crippen LogP contribution in [-0.4, -0.2) is 13.0 Å². The Morgan fingerprint density at radius 3 is 2.45 bits per heavy atom. The molecule has 3 rings (SSSR count). The van der Waals surface area contributed by atoms with Crippen molar-refractivity contribution >= 4 is 49.5 Å². The second-order valence-corrected chi connectivity index (χ2v) is 8.20. The van der Waals surface area contributed by atoms with Crippen LogP contribution in [-0.2, 0) is 11.4 Å². The second-order valence-electron chi connectivity index (χ2n) is 6.43. The second kappa shape index (κ2) is 10.8. The zero-order valence-electron chi connectivity index (χ0n) is 16.6. The van der Waals surface area contributed by atoms with Crippen molar-refractivity contribution in [1.29, 1.82) is 5.26 Å². The number of nitrogens with zero attached hydrogens (tertiary/aromatic N) is 1. The molecule has 31 heavy (non-hydrogen) atoms. The molecular formula is C24H18Br2N2O3. The van der Waals surface area contributed by atoms with Gasteiger partial charge < -0.3 is 14.8 Å². The fraction of sp³-hybridized carbons (Fsp3) is 0.0833. The number of ether oxygens (including phenoxy) is 2. The van der Waals surface area contributed by atoms with Crippen molar-refractivity contribution in [3.8, 4) is 17.6 Å². The summed E-state index contributed by atoms with van der Waals surface area (Å²) in [5, 5.41) is 12.3. The Morgan fingerprint density at radius 1 is 1.10 bits per heavy atom. The van der Waals surface area contributed by atoms with E-state index in [0.29, 0.717) is 33.8 Å². The van der Waals surface area contributed by atoms with Crippen LogP contribution in [0.1, 0.15) is 11.1 Å². The van der Waals surface area contributed by atoms with E-state index in [9.17, 15) is 10.1 Å². The first-order chi connectivity index (χ1) is 15.0. The third kappa shape index (κ3) is 6.20. The summed E-state index contributed by atoms with van der Waals surface area (Å²) in [6.07, 6.45) is 1.51. The minimum atomic E-state index is -0.516. The summed E-state index contributed by atoms with van der Waals surface area (Å²) in [4.78, 5) is 12.7. The van der Waals surface area contributed by atoms with E-state index in [2.05, 4.69) is 37.2 Å². The molecule has 0 heterocycles. The van der Waals surface area contributed by atoms with Crippen LogP contribution in [0.2, 0.25) is 0 Å². The highest BCUT2D eigenvalue weighted by molar-refractivity contribution is 9.11. The van der Waals surface area contributed by atoms with Gasteiger partial charge in [0, 0.05) is 15.7 Å². The number of amides is 1. The number of nitrogens with one attached hydrogen (secondary N) is 1. The van der Waals surface area contributed by atoms with Crippen molar-refractivity contribution in [3.05, 3.63) is 92.4 Å². The molecule has 0 aromatic heterocycles. The molecular weight excluding hydrogens is 524 g/mol. The van der Waals surface area contributed by atoms with Gasteiger partial charge in [-0.15, -0.1) is 0 Å². The summed E-state index contributed by atoms with van der Waals surface area (Å²) in [5.41, 5.74) is 2.11. The van der Waals surface area contributed by atoms with Crippen molar-refractivity contribution in [2.24, 2.45) is 0 Å². The van der Waals surface area contributed by atoms with Crippen molar-refractivity contribution < 1.29 is 14.3 Å². The van der Waals surface area contributed by atoms with Crippen molar-refractivity contribution in [2.45, 2.75) is 6.61 Å². The molecule has 5 nitrogen and oxygen atoms in total. The molecule has 0 saturated carbocycles. The Bertz CT molecular complexity index is 1140. The normalized spacial score (nSPS) is 10.8. The fourth-order valence-corrected chi connectivity index (χ4v) is 4.12. The molecule has 3 aromatic carbocycles. The maximum absolute atomic E-state index is 12.7. The minimum absolute atomic E-state index is 0.0506. The third-order valence-corrected chi connectivity index (χ3v) is 5.32. The van der Waals surface area contributed by atoms with Gasteiger partial charge in [0.25, 0.3) is 5.91 Å². The Kier molecular flexibility index (Phi) is 7.88. The van der Waals surface area contributed by atoms with Crippen molar-refractivity contribution in [1.82, 2.24) is 0 Å². The summed E-state index contributed by atoms with van der Waals surface area (Å²) in [5.74, 6) is 0.697. The van der Waals surface area contributed by atoms with Crippen molar-refractivity contribution in [2.75, 3.05) is 12.4 Å². The fourth-order valence-electron chi connectivity index (χ4n) is 2.75. The van der Waals surface area contributed by atoms with Crippen LogP contribution in [0.25, 0.3) is 6.08 Å². The minimum Gasteiger partial charge on any atom is -0.497 e. The molecule has 0 bridgehead atoms. The van der Waals surface area contributed by atoms with E-state index in [-0.39, 0.29) is 5.57 Å². The van der Waals surface area contributed by atoms with E-state index < -0.39 is 5.91 Å². The van der Waals surface area contributed by atoms with E-state index in [0.717, 1.165) is 10.0 Å². The zero-order valence-corrected chi connectivity index (χ0v) is 19.7. The lowest BCUT2D eigenvalue weighted by molar-refractivity contribution is -0.112. The van der Waals surface area contributed by atoms with E-state index in [1.54, 1.807) is 37.4 Å². The molecule has 0 spiro atoms. The number of hydrogen-bond donors (Lipinski definition) is 1. The lowest BCUT2D eigenvalue weighted by atomic mass is 10.1. The summed E-state index contributed by atoms with van der Waals surface area (Å²) in [6, 6.07) is 22.2. The summed E-state index contributed by atoms with van der Waals surface area (Å²) < 4.78 is 12.6. The van der Waals surface area contributed by atoms with Crippen molar-refractivity contribution in [3.63, 3.8) is 0 Å². The van der Waals surface area contributed by atoms with Crippen LogP contribution in [0.4, 0.5) is 5.69 Å². The predicted octanol–water partition coefficient (Wildman–Crippen LogP) is 6.34. The van der Waals surface area contributed by atoms with E-state index in [1.165, 1.54) is 6.08 Å². The molecule has 0 aliphatic carbocycles. The first-order valence-corrected chi connectivity index (χ1v) is 10.8. The molecule has 0 atom stereocenters. The third-order valence-electron chi connectivity index (χ3n) is 4.28. The molecule has 156 valence electrons. The Morgan fingerprint density at radius 2 is 1.81 bits per heavy atom. The molecule has 0 aliphatic heterocycles. The maximum Gasteiger partial charge on any atom is 0.266 e. The first-order valence-electron chi connectivity index (χ1n) is 9.23. The van der Waals surface area contributed by atoms with Crippen LogP contribution in [0, 0.1) is 11.3 Å². The quantitative estimate of drug-likeness (QED) is 0.279. The van der Waals surface area contributed by atoms with Crippen LogP contribution in [0.3, 0.4) is 0 Å². The van der Waals surface area contributed by atoms with E-state index >= 15 is 0 Å². The highest BCUT2D eigenvalue weighted by Crippen LogP contribution is 2.35. The highest BCUT2D eigenvalue weighted by Gasteiger charge is 2.14. The number of nitriles is 1. The number of methoxy groups -OCH3 is 1. The Hall–Kier alpha value is -3.08.